The van der Waals surface area contributed by atoms with Gasteiger partial charge in [0.25, 0.3) is 0 Å². The topological polar surface area (TPSA) is 69.7 Å². The number of esters is 2. The third kappa shape index (κ3) is 3.23. The van der Waals surface area contributed by atoms with Crippen LogP contribution in [-0.2, 0) is 23.9 Å². The lowest BCUT2D eigenvalue weighted by molar-refractivity contribution is -0.156. The molecule has 0 heterocycles. The summed E-state index contributed by atoms with van der Waals surface area (Å²) < 4.78 is 10.4. The van der Waals surface area contributed by atoms with Crippen molar-refractivity contribution in [1.29, 1.82) is 0 Å². The number of hydrogen-bond acceptors (Lipinski definition) is 5. The van der Waals surface area contributed by atoms with Gasteiger partial charge in [0.05, 0.1) is 12.5 Å². The highest BCUT2D eigenvalue weighted by molar-refractivity contribution is 5.96. The fraction of sp³-hybridized carbons (Fsp3) is 0.611. The van der Waals surface area contributed by atoms with Gasteiger partial charge in [-0.15, -0.1) is 0 Å². The first-order valence-electron chi connectivity index (χ1n) is 8.09. The predicted molar refractivity (Wildman–Crippen MR) is 84.4 cm³/mol. The molecular formula is C18H24O5. The van der Waals surface area contributed by atoms with E-state index in [2.05, 4.69) is 19.9 Å². The van der Waals surface area contributed by atoms with Crippen LogP contribution in [0.25, 0.3) is 0 Å². The van der Waals surface area contributed by atoms with Gasteiger partial charge in [0.1, 0.15) is 0 Å². The lowest BCUT2D eigenvalue weighted by atomic mass is 9.64. The maximum Gasteiger partial charge on any atom is 0.310 e. The zero-order valence-electron chi connectivity index (χ0n) is 14.1. The van der Waals surface area contributed by atoms with E-state index in [1.165, 1.54) is 13.0 Å². The predicted octanol–water partition coefficient (Wildman–Crippen LogP) is 2.60. The Hall–Kier alpha value is -1.91. The highest BCUT2D eigenvalue weighted by Gasteiger charge is 2.52. The van der Waals surface area contributed by atoms with E-state index >= 15 is 0 Å². The van der Waals surface area contributed by atoms with E-state index in [1.54, 1.807) is 6.92 Å². The van der Waals surface area contributed by atoms with E-state index in [0.717, 1.165) is 5.57 Å². The fourth-order valence-corrected chi connectivity index (χ4v) is 3.75. The van der Waals surface area contributed by atoms with Crippen LogP contribution in [0.4, 0.5) is 0 Å². The summed E-state index contributed by atoms with van der Waals surface area (Å²) in [6.45, 7) is 7.50. The quantitative estimate of drug-likeness (QED) is 0.588. The van der Waals surface area contributed by atoms with Crippen LogP contribution >= 0.6 is 0 Å². The molecule has 0 fully saturated rings. The van der Waals surface area contributed by atoms with E-state index in [0.29, 0.717) is 19.4 Å². The van der Waals surface area contributed by atoms with Crippen LogP contribution in [0.5, 0.6) is 0 Å². The monoisotopic (exact) mass is 320 g/mol. The van der Waals surface area contributed by atoms with Crippen molar-refractivity contribution >= 4 is 17.7 Å². The van der Waals surface area contributed by atoms with E-state index in [1.807, 2.05) is 6.08 Å². The maximum absolute atomic E-state index is 12.4. The van der Waals surface area contributed by atoms with Crippen molar-refractivity contribution in [3.8, 4) is 0 Å². The number of hydrogen-bond donors (Lipinski definition) is 0. The molecule has 0 aromatic heterocycles. The smallest absolute Gasteiger partial charge is 0.310 e. The molecule has 0 aliphatic heterocycles. The van der Waals surface area contributed by atoms with Crippen LogP contribution in [-0.4, -0.2) is 30.4 Å². The second-order valence-corrected chi connectivity index (χ2v) is 6.43. The van der Waals surface area contributed by atoms with Crippen LogP contribution in [0.2, 0.25) is 0 Å². The van der Waals surface area contributed by atoms with Crippen LogP contribution in [0.1, 0.15) is 40.5 Å². The zero-order valence-corrected chi connectivity index (χ0v) is 14.1. The molecule has 2 aliphatic rings. The van der Waals surface area contributed by atoms with Crippen LogP contribution in [0.15, 0.2) is 23.8 Å². The summed E-state index contributed by atoms with van der Waals surface area (Å²) in [6, 6.07) is 0. The van der Waals surface area contributed by atoms with Gasteiger partial charge >= 0.3 is 11.9 Å². The van der Waals surface area contributed by atoms with Gasteiger partial charge in [-0.3, -0.25) is 14.4 Å². The van der Waals surface area contributed by atoms with Gasteiger partial charge in [-0.1, -0.05) is 31.6 Å². The normalized spacial score (nSPS) is 29.8. The molecule has 0 N–H and O–H groups in total. The Labute approximate surface area is 136 Å². The molecule has 0 amide bonds. The molecule has 0 aromatic carbocycles. The minimum atomic E-state index is -0.838. The second kappa shape index (κ2) is 6.69. The summed E-state index contributed by atoms with van der Waals surface area (Å²) >= 11 is 0. The summed E-state index contributed by atoms with van der Waals surface area (Å²) in [6.07, 6.45) is 5.37. The van der Waals surface area contributed by atoms with E-state index in [9.17, 15) is 14.4 Å². The molecule has 0 saturated heterocycles. The summed E-state index contributed by atoms with van der Waals surface area (Å²) in [5.41, 5.74) is 0.505. The Morgan fingerprint density at radius 3 is 2.65 bits per heavy atom. The van der Waals surface area contributed by atoms with Gasteiger partial charge in [-0.25, -0.2) is 0 Å². The lowest BCUT2D eigenvalue weighted by Crippen LogP contribution is -2.43. The van der Waals surface area contributed by atoms with Crippen molar-refractivity contribution in [2.24, 2.45) is 17.3 Å². The van der Waals surface area contributed by atoms with Gasteiger partial charge in [0, 0.05) is 18.8 Å². The number of ketones is 1. The first kappa shape index (κ1) is 17.4. The minimum absolute atomic E-state index is 0.227. The highest BCUT2D eigenvalue weighted by Crippen LogP contribution is 2.53. The third-order valence-corrected chi connectivity index (χ3v) is 4.62. The number of allylic oxidation sites excluding steroid dienone is 3. The van der Waals surface area contributed by atoms with Gasteiger partial charge < -0.3 is 9.47 Å². The van der Waals surface area contributed by atoms with E-state index in [-0.39, 0.29) is 23.6 Å². The summed E-state index contributed by atoms with van der Waals surface area (Å²) in [5.74, 6) is -1.13. The van der Waals surface area contributed by atoms with Crippen molar-refractivity contribution in [1.82, 2.24) is 0 Å². The summed E-state index contributed by atoms with van der Waals surface area (Å²) in [4.78, 5) is 35.8. The molecule has 0 saturated carbocycles. The number of carbonyl (C=O) groups is 3. The third-order valence-electron chi connectivity index (χ3n) is 4.62. The average Bonchev–Trinajstić information content (AvgIpc) is 2.82. The van der Waals surface area contributed by atoms with Crippen LogP contribution in [0.3, 0.4) is 0 Å². The van der Waals surface area contributed by atoms with Gasteiger partial charge in [0.15, 0.2) is 11.9 Å². The molecule has 5 nitrogen and oxygen atoms in total. The molecule has 126 valence electrons. The molecule has 1 spiro atoms. The number of rotatable bonds is 4. The standard InChI is InChI=1S/C18H24O5/c1-5-22-17(21)14-7-6-13(11(2)3)18(14)9-8-15(20)16(10-18)23-12(4)19/h6,8-9,11,14,16H,5,7,10H2,1-4H3/t14-,16+,18-/m1/s1. The Morgan fingerprint density at radius 2 is 2.09 bits per heavy atom. The van der Waals surface area contributed by atoms with Crippen LogP contribution in [0, 0.1) is 17.3 Å². The first-order chi connectivity index (χ1) is 10.8. The Morgan fingerprint density at radius 1 is 1.39 bits per heavy atom. The zero-order chi connectivity index (χ0) is 17.2. The van der Waals surface area contributed by atoms with Gasteiger partial charge in [-0.2, -0.15) is 0 Å². The number of ether oxygens (including phenoxy) is 2. The molecule has 0 unspecified atom stereocenters. The molecule has 23 heavy (non-hydrogen) atoms. The van der Waals surface area contributed by atoms with E-state index in [4.69, 9.17) is 9.47 Å². The summed E-state index contributed by atoms with van der Waals surface area (Å²) in [5, 5.41) is 0. The Kier molecular flexibility index (Phi) is 5.07. The largest absolute Gasteiger partial charge is 0.466 e. The maximum atomic E-state index is 12.4. The van der Waals surface area contributed by atoms with Crippen molar-refractivity contribution in [2.75, 3.05) is 6.61 Å². The minimum Gasteiger partial charge on any atom is -0.466 e. The Bertz CT molecular complexity index is 572. The molecule has 5 heteroatoms. The molecule has 2 aliphatic carbocycles. The fourth-order valence-electron chi connectivity index (χ4n) is 3.75. The molecule has 0 aromatic rings. The van der Waals surface area contributed by atoms with Crippen molar-refractivity contribution in [3.63, 3.8) is 0 Å². The lowest BCUT2D eigenvalue weighted by Gasteiger charge is -2.40. The molecule has 0 radical (unpaired) electrons. The summed E-state index contributed by atoms with van der Waals surface area (Å²) in [7, 11) is 0. The van der Waals surface area contributed by atoms with Gasteiger partial charge in [0.2, 0.25) is 0 Å². The molecular weight excluding hydrogens is 296 g/mol. The Balaban J connectivity index is 2.40. The second-order valence-electron chi connectivity index (χ2n) is 6.43. The SMILES string of the molecule is CCOC(=O)[C@H]1CC=C(C(C)C)[C@]12C=CC(=O)[C@@H](OC(C)=O)C2. The highest BCUT2D eigenvalue weighted by atomic mass is 16.5. The molecule has 2 rings (SSSR count). The van der Waals surface area contributed by atoms with Crippen LogP contribution < -0.4 is 0 Å². The van der Waals surface area contributed by atoms with Gasteiger partial charge in [-0.05, 0) is 25.3 Å². The first-order valence-corrected chi connectivity index (χ1v) is 8.09. The molecule has 3 atom stereocenters. The van der Waals surface area contributed by atoms with Crippen molar-refractivity contribution in [3.05, 3.63) is 23.8 Å². The number of carbonyl (C=O) groups excluding carboxylic acids is 3. The van der Waals surface area contributed by atoms with E-state index < -0.39 is 17.5 Å². The average molecular weight is 320 g/mol. The van der Waals surface area contributed by atoms with Crippen molar-refractivity contribution < 1.29 is 23.9 Å². The van der Waals surface area contributed by atoms with Crippen molar-refractivity contribution in [2.45, 2.75) is 46.6 Å². The molecule has 0 bridgehead atoms.